The van der Waals surface area contributed by atoms with E-state index in [2.05, 4.69) is 5.32 Å². The number of Topliss-reactive ketones (excluding diaryl/α,β-unsaturated/α-hetero) is 1. The van der Waals surface area contributed by atoms with Crippen LogP contribution in [0.5, 0.6) is 0 Å². The smallest absolute Gasteiger partial charge is 0.321 e. The van der Waals surface area contributed by atoms with Crippen LogP contribution in [-0.4, -0.2) is 42.4 Å². The number of carbonyl (C=O) groups excluding carboxylic acids is 3. The molecule has 1 aromatic heterocycles. The number of hydrogen-bond donors (Lipinski definition) is 1. The van der Waals surface area contributed by atoms with Crippen molar-refractivity contribution in [3.8, 4) is 0 Å². The second kappa shape index (κ2) is 8.81. The molecule has 27 heavy (non-hydrogen) atoms. The number of rotatable bonds is 5. The summed E-state index contributed by atoms with van der Waals surface area (Å²) in [7, 11) is 0. The molecule has 1 saturated heterocycles. The van der Waals surface area contributed by atoms with Crippen LogP contribution in [0, 0.1) is 12.8 Å². The van der Waals surface area contributed by atoms with Gasteiger partial charge >= 0.3 is 12.0 Å². The molecule has 2 heterocycles. The van der Waals surface area contributed by atoms with Crippen LogP contribution in [-0.2, 0) is 9.53 Å². The van der Waals surface area contributed by atoms with Gasteiger partial charge in [0.1, 0.15) is 0 Å². The molecule has 2 aromatic rings. The van der Waals surface area contributed by atoms with Gasteiger partial charge in [-0.25, -0.2) is 4.79 Å². The number of nitrogens with one attached hydrogen (secondary N) is 1. The maximum atomic E-state index is 12.3. The van der Waals surface area contributed by atoms with E-state index in [0.717, 1.165) is 10.6 Å². The highest BCUT2D eigenvalue weighted by molar-refractivity contribution is 7.14. The molecule has 1 aliphatic heterocycles. The number of hydrogen-bond acceptors (Lipinski definition) is 5. The van der Waals surface area contributed by atoms with Gasteiger partial charge in [-0.2, -0.15) is 0 Å². The number of amides is 2. The molecule has 1 N–H and O–H groups in total. The molecule has 3 rings (SSSR count). The molecule has 6 nitrogen and oxygen atoms in total. The molecule has 1 fully saturated rings. The fourth-order valence-electron chi connectivity index (χ4n) is 2.95. The zero-order chi connectivity index (χ0) is 19.2. The van der Waals surface area contributed by atoms with Gasteiger partial charge in [0, 0.05) is 23.7 Å². The Morgan fingerprint density at radius 3 is 2.44 bits per heavy atom. The Morgan fingerprint density at radius 2 is 1.81 bits per heavy atom. The van der Waals surface area contributed by atoms with Gasteiger partial charge in [-0.15, -0.1) is 11.3 Å². The van der Waals surface area contributed by atoms with Gasteiger partial charge in [-0.05, 0) is 44.0 Å². The standard InChI is InChI=1S/C20H22N2O4S/c1-14-7-8-18(27-14)17(23)13-26-19(24)15-9-11-22(12-10-15)20(25)21-16-5-3-2-4-6-16/h2-8,15H,9-13H2,1H3,(H,21,25). The first-order valence-corrected chi connectivity index (χ1v) is 9.72. The highest BCUT2D eigenvalue weighted by atomic mass is 32.1. The molecular weight excluding hydrogens is 364 g/mol. The van der Waals surface area contributed by atoms with E-state index in [-0.39, 0.29) is 30.3 Å². The number of nitrogens with zero attached hydrogens (tertiary/aromatic N) is 1. The Labute approximate surface area is 162 Å². The van der Waals surface area contributed by atoms with Crippen LogP contribution in [0.1, 0.15) is 27.4 Å². The van der Waals surface area contributed by atoms with Gasteiger partial charge in [0.15, 0.2) is 6.61 Å². The van der Waals surface area contributed by atoms with Crippen molar-refractivity contribution in [3.05, 3.63) is 52.2 Å². The number of urea groups is 1. The lowest BCUT2D eigenvalue weighted by Gasteiger charge is -2.30. The summed E-state index contributed by atoms with van der Waals surface area (Å²) in [4.78, 5) is 39.9. The summed E-state index contributed by atoms with van der Waals surface area (Å²) in [5.41, 5.74) is 0.742. The van der Waals surface area contributed by atoms with Crippen molar-refractivity contribution in [2.24, 2.45) is 5.92 Å². The molecule has 1 aromatic carbocycles. The Bertz CT molecular complexity index is 810. The third-order valence-corrected chi connectivity index (χ3v) is 5.54. The molecule has 1 aliphatic rings. The van der Waals surface area contributed by atoms with Crippen LogP contribution in [0.2, 0.25) is 0 Å². The highest BCUT2D eigenvalue weighted by Gasteiger charge is 2.29. The maximum Gasteiger partial charge on any atom is 0.321 e. The molecule has 0 unspecified atom stereocenters. The number of ether oxygens (including phenoxy) is 1. The zero-order valence-corrected chi connectivity index (χ0v) is 16.0. The molecule has 0 spiro atoms. The summed E-state index contributed by atoms with van der Waals surface area (Å²) in [6.45, 7) is 2.66. The number of esters is 1. The summed E-state index contributed by atoms with van der Waals surface area (Å²) in [6.07, 6.45) is 1.07. The maximum absolute atomic E-state index is 12.3. The summed E-state index contributed by atoms with van der Waals surface area (Å²) in [5.74, 6) is -0.815. The van der Waals surface area contributed by atoms with E-state index in [1.807, 2.05) is 43.3 Å². The topological polar surface area (TPSA) is 75.7 Å². The van der Waals surface area contributed by atoms with Crippen molar-refractivity contribution in [2.75, 3.05) is 25.0 Å². The van der Waals surface area contributed by atoms with Crippen molar-refractivity contribution in [1.29, 1.82) is 0 Å². The molecule has 0 aliphatic carbocycles. The van der Waals surface area contributed by atoms with Crippen molar-refractivity contribution in [3.63, 3.8) is 0 Å². The van der Waals surface area contributed by atoms with E-state index in [1.54, 1.807) is 11.0 Å². The van der Waals surface area contributed by atoms with Crippen LogP contribution in [0.15, 0.2) is 42.5 Å². The Balaban J connectivity index is 1.42. The monoisotopic (exact) mass is 386 g/mol. The van der Waals surface area contributed by atoms with E-state index in [1.165, 1.54) is 11.3 Å². The van der Waals surface area contributed by atoms with Gasteiger partial charge in [-0.3, -0.25) is 9.59 Å². The van der Waals surface area contributed by atoms with Crippen molar-refractivity contribution < 1.29 is 19.1 Å². The third kappa shape index (κ3) is 5.17. The normalized spacial score (nSPS) is 14.6. The first kappa shape index (κ1) is 19.1. The average molecular weight is 386 g/mol. The number of para-hydroxylation sites is 1. The fraction of sp³-hybridized carbons (Fsp3) is 0.350. The highest BCUT2D eigenvalue weighted by Crippen LogP contribution is 2.20. The van der Waals surface area contributed by atoms with Crippen LogP contribution < -0.4 is 5.32 Å². The summed E-state index contributed by atoms with van der Waals surface area (Å²) in [6, 6.07) is 12.7. The van der Waals surface area contributed by atoms with Gasteiger partial charge in [0.05, 0.1) is 10.8 Å². The minimum absolute atomic E-state index is 0.170. The van der Waals surface area contributed by atoms with E-state index in [9.17, 15) is 14.4 Å². The van der Waals surface area contributed by atoms with E-state index in [4.69, 9.17) is 4.74 Å². The number of aryl methyl sites for hydroxylation is 1. The van der Waals surface area contributed by atoms with Crippen LogP contribution in [0.3, 0.4) is 0 Å². The molecule has 7 heteroatoms. The number of piperidine rings is 1. The number of thiophene rings is 1. The number of benzene rings is 1. The minimum atomic E-state index is -0.361. The quantitative estimate of drug-likeness (QED) is 0.628. The molecule has 0 radical (unpaired) electrons. The van der Waals surface area contributed by atoms with E-state index in [0.29, 0.717) is 30.8 Å². The van der Waals surface area contributed by atoms with Gasteiger partial charge in [0.2, 0.25) is 5.78 Å². The molecular formula is C20H22N2O4S. The number of ketones is 1. The zero-order valence-electron chi connectivity index (χ0n) is 15.1. The second-order valence-corrected chi connectivity index (χ2v) is 7.79. The largest absolute Gasteiger partial charge is 0.457 e. The lowest BCUT2D eigenvalue weighted by atomic mass is 9.97. The van der Waals surface area contributed by atoms with E-state index < -0.39 is 0 Å². The molecule has 2 amide bonds. The lowest BCUT2D eigenvalue weighted by molar-refractivity contribution is -0.148. The molecule has 142 valence electrons. The predicted molar refractivity (Wildman–Crippen MR) is 104 cm³/mol. The SMILES string of the molecule is Cc1ccc(C(=O)COC(=O)C2CCN(C(=O)Nc3ccccc3)CC2)s1. The summed E-state index contributed by atoms with van der Waals surface area (Å²) in [5, 5.41) is 2.84. The first-order valence-electron chi connectivity index (χ1n) is 8.90. The summed E-state index contributed by atoms with van der Waals surface area (Å²) >= 11 is 1.40. The fourth-order valence-corrected chi connectivity index (χ4v) is 3.74. The number of anilines is 1. The second-order valence-electron chi connectivity index (χ2n) is 6.50. The van der Waals surface area contributed by atoms with Gasteiger partial charge < -0.3 is 15.0 Å². The van der Waals surface area contributed by atoms with E-state index >= 15 is 0 Å². The van der Waals surface area contributed by atoms with Crippen molar-refractivity contribution in [1.82, 2.24) is 4.90 Å². The lowest BCUT2D eigenvalue weighted by Crippen LogP contribution is -2.42. The molecule has 0 atom stereocenters. The van der Waals surface area contributed by atoms with Gasteiger partial charge in [0.25, 0.3) is 0 Å². The predicted octanol–water partition coefficient (Wildman–Crippen LogP) is 3.73. The summed E-state index contributed by atoms with van der Waals surface area (Å²) < 4.78 is 5.20. The van der Waals surface area contributed by atoms with Gasteiger partial charge in [-0.1, -0.05) is 18.2 Å². The molecule has 0 bridgehead atoms. The first-order chi connectivity index (χ1) is 13.0. The number of likely N-dealkylation sites (tertiary alicyclic amines) is 1. The average Bonchev–Trinajstić information content (AvgIpc) is 3.13. The van der Waals surface area contributed by atoms with Crippen LogP contribution in [0.25, 0.3) is 0 Å². The van der Waals surface area contributed by atoms with Crippen LogP contribution >= 0.6 is 11.3 Å². The Morgan fingerprint density at radius 1 is 1.11 bits per heavy atom. The third-order valence-electron chi connectivity index (χ3n) is 4.50. The minimum Gasteiger partial charge on any atom is -0.457 e. The van der Waals surface area contributed by atoms with Crippen molar-refractivity contribution >= 4 is 34.8 Å². The molecule has 0 saturated carbocycles. The number of carbonyl (C=O) groups is 3. The van der Waals surface area contributed by atoms with Crippen molar-refractivity contribution in [2.45, 2.75) is 19.8 Å². The Kier molecular flexibility index (Phi) is 6.24. The van der Waals surface area contributed by atoms with Crippen LogP contribution in [0.4, 0.5) is 10.5 Å². The Hall–Kier alpha value is -2.67.